The second-order valence-corrected chi connectivity index (χ2v) is 11.0. The van der Waals surface area contributed by atoms with Crippen LogP contribution in [0.1, 0.15) is 24.3 Å². The lowest BCUT2D eigenvalue weighted by Crippen LogP contribution is -2.40. The number of rotatable bonds is 6. The Morgan fingerprint density at radius 1 is 1.12 bits per heavy atom. The van der Waals surface area contributed by atoms with E-state index in [4.69, 9.17) is 16.0 Å². The second-order valence-electron chi connectivity index (χ2n) is 9.57. The Labute approximate surface area is 251 Å². The molecule has 1 N–H and O–H groups in total. The number of thiazole rings is 1. The number of aromatic nitrogens is 1. The van der Waals surface area contributed by atoms with E-state index in [0.717, 1.165) is 11.3 Å². The minimum absolute atomic E-state index is 0.214. The summed E-state index contributed by atoms with van der Waals surface area (Å²) in [5.41, 5.74) is 1.32. The standard InChI is InChI=1S/C31H20ClFN4O5S/c1-17-27(29(38)35-21-5-3-2-4-6-21)28(18-7-10-20(33)11-8-18)36-30(39)26(43-31(36)34-17)16-22-12-14-25(42-22)23-13-9-19(32)15-24(23)37(40)41/h2-16,28H,1H3,(H,35,38)/b26-16+. The summed E-state index contributed by atoms with van der Waals surface area (Å²) in [5, 5.41) is 14.6. The van der Waals surface area contributed by atoms with Gasteiger partial charge in [-0.1, -0.05) is 53.3 Å². The molecule has 0 saturated carbocycles. The Morgan fingerprint density at radius 2 is 1.86 bits per heavy atom. The summed E-state index contributed by atoms with van der Waals surface area (Å²) in [6, 6.07) is 21.0. The van der Waals surface area contributed by atoms with E-state index in [-0.39, 0.29) is 37.9 Å². The highest BCUT2D eigenvalue weighted by Crippen LogP contribution is 2.34. The van der Waals surface area contributed by atoms with Crippen molar-refractivity contribution in [2.75, 3.05) is 5.32 Å². The van der Waals surface area contributed by atoms with Crippen molar-refractivity contribution in [3.63, 3.8) is 0 Å². The Kier molecular flexibility index (Phi) is 7.34. The monoisotopic (exact) mass is 614 g/mol. The van der Waals surface area contributed by atoms with Crippen molar-refractivity contribution < 1.29 is 18.5 Å². The van der Waals surface area contributed by atoms with E-state index in [2.05, 4.69) is 10.3 Å². The van der Waals surface area contributed by atoms with Gasteiger partial charge in [-0.3, -0.25) is 24.3 Å². The Hall–Kier alpha value is -5.13. The molecule has 3 aromatic carbocycles. The maximum atomic E-state index is 13.9. The third kappa shape index (κ3) is 5.43. The van der Waals surface area contributed by atoms with Crippen molar-refractivity contribution in [1.29, 1.82) is 0 Å². The molecule has 3 heterocycles. The summed E-state index contributed by atoms with van der Waals surface area (Å²) in [4.78, 5) is 43.4. The molecule has 6 rings (SSSR count). The number of carbonyl (C=O) groups is 1. The first-order chi connectivity index (χ1) is 20.7. The molecule has 0 saturated heterocycles. The zero-order valence-corrected chi connectivity index (χ0v) is 23.9. The molecule has 1 atom stereocenters. The Bertz CT molecular complexity index is 2120. The molecule has 0 spiro atoms. The van der Waals surface area contributed by atoms with Crippen LogP contribution in [0.3, 0.4) is 0 Å². The quantitative estimate of drug-likeness (QED) is 0.190. The molecule has 1 aliphatic rings. The minimum Gasteiger partial charge on any atom is -0.456 e. The number of hydrogen-bond donors (Lipinski definition) is 1. The van der Waals surface area contributed by atoms with Gasteiger partial charge < -0.3 is 9.73 Å². The van der Waals surface area contributed by atoms with Crippen molar-refractivity contribution in [2.24, 2.45) is 4.99 Å². The van der Waals surface area contributed by atoms with Gasteiger partial charge in [-0.25, -0.2) is 9.38 Å². The number of nitro benzene ring substituents is 1. The summed E-state index contributed by atoms with van der Waals surface area (Å²) >= 11 is 7.04. The largest absolute Gasteiger partial charge is 0.456 e. The zero-order chi connectivity index (χ0) is 30.2. The maximum Gasteiger partial charge on any atom is 0.281 e. The Balaban J connectivity index is 1.45. The number of fused-ring (bicyclic) bond motifs is 1. The summed E-state index contributed by atoms with van der Waals surface area (Å²) in [7, 11) is 0. The van der Waals surface area contributed by atoms with Crippen LogP contribution in [-0.4, -0.2) is 15.4 Å². The number of nitrogens with zero attached hydrogens (tertiary/aromatic N) is 3. The number of benzene rings is 3. The first kappa shape index (κ1) is 28.0. The molecule has 2 aromatic heterocycles. The lowest BCUT2D eigenvalue weighted by molar-refractivity contribution is -0.384. The predicted octanol–water partition coefficient (Wildman–Crippen LogP) is 5.83. The fraction of sp³-hybridized carbons (Fsp3) is 0.0645. The molecule has 0 bridgehead atoms. The van der Waals surface area contributed by atoms with E-state index in [1.807, 2.05) is 6.07 Å². The molecule has 214 valence electrons. The van der Waals surface area contributed by atoms with Gasteiger partial charge in [0.05, 0.1) is 32.3 Å². The van der Waals surface area contributed by atoms with Crippen LogP contribution in [0.2, 0.25) is 5.02 Å². The van der Waals surface area contributed by atoms with E-state index < -0.39 is 28.2 Å². The lowest BCUT2D eigenvalue weighted by Gasteiger charge is -2.25. The molecule has 1 aliphatic heterocycles. The predicted molar refractivity (Wildman–Crippen MR) is 161 cm³/mol. The zero-order valence-electron chi connectivity index (χ0n) is 22.3. The van der Waals surface area contributed by atoms with Gasteiger partial charge in [0, 0.05) is 22.9 Å². The summed E-state index contributed by atoms with van der Waals surface area (Å²) < 4.78 is 21.4. The third-order valence-corrected chi connectivity index (χ3v) is 8.02. The van der Waals surface area contributed by atoms with Crippen molar-refractivity contribution >= 4 is 46.3 Å². The van der Waals surface area contributed by atoms with Crippen molar-refractivity contribution in [2.45, 2.75) is 13.0 Å². The van der Waals surface area contributed by atoms with Gasteiger partial charge >= 0.3 is 0 Å². The van der Waals surface area contributed by atoms with Crippen molar-refractivity contribution in [1.82, 2.24) is 4.57 Å². The minimum atomic E-state index is -0.883. The smallest absolute Gasteiger partial charge is 0.281 e. The van der Waals surface area contributed by atoms with Crippen LogP contribution >= 0.6 is 22.9 Å². The number of carbonyl (C=O) groups excluding carboxylic acids is 1. The Morgan fingerprint density at radius 3 is 2.58 bits per heavy atom. The maximum absolute atomic E-state index is 13.9. The third-order valence-electron chi connectivity index (χ3n) is 6.81. The van der Waals surface area contributed by atoms with Crippen LogP contribution < -0.4 is 20.2 Å². The van der Waals surface area contributed by atoms with E-state index in [1.54, 1.807) is 43.3 Å². The van der Waals surface area contributed by atoms with Gasteiger partial charge in [0.15, 0.2) is 4.80 Å². The molecule has 12 heteroatoms. The van der Waals surface area contributed by atoms with Gasteiger partial charge in [-0.2, -0.15) is 0 Å². The van der Waals surface area contributed by atoms with Crippen molar-refractivity contribution in [3.05, 3.63) is 148 Å². The van der Waals surface area contributed by atoms with Crippen LogP contribution in [0, 0.1) is 15.9 Å². The highest BCUT2D eigenvalue weighted by molar-refractivity contribution is 7.07. The number of nitro groups is 1. The molecule has 43 heavy (non-hydrogen) atoms. The molecule has 9 nitrogen and oxygen atoms in total. The van der Waals surface area contributed by atoms with Crippen LogP contribution in [0.25, 0.3) is 17.4 Å². The molecule has 0 fully saturated rings. The fourth-order valence-electron chi connectivity index (χ4n) is 4.86. The average Bonchev–Trinajstić information content (AvgIpc) is 3.57. The molecule has 0 aliphatic carbocycles. The highest BCUT2D eigenvalue weighted by Gasteiger charge is 2.32. The van der Waals surface area contributed by atoms with E-state index in [9.17, 15) is 24.1 Å². The van der Waals surface area contributed by atoms with E-state index in [0.29, 0.717) is 21.7 Å². The SMILES string of the molecule is CC1=C(C(=O)Nc2ccccc2)C(c2ccc(F)cc2)n2c(s/c(=C/c3ccc(-c4ccc(Cl)cc4[N+](=O)[O-])o3)c2=O)=N1. The van der Waals surface area contributed by atoms with E-state index in [1.165, 1.54) is 53.1 Å². The van der Waals surface area contributed by atoms with Gasteiger partial charge in [-0.05, 0) is 61.0 Å². The number of furan rings is 1. The van der Waals surface area contributed by atoms with Gasteiger partial charge in [-0.15, -0.1) is 0 Å². The van der Waals surface area contributed by atoms with Gasteiger partial charge in [0.2, 0.25) is 0 Å². The first-order valence-electron chi connectivity index (χ1n) is 12.9. The number of hydrogen-bond acceptors (Lipinski definition) is 7. The highest BCUT2D eigenvalue weighted by atomic mass is 35.5. The van der Waals surface area contributed by atoms with E-state index >= 15 is 0 Å². The average molecular weight is 615 g/mol. The number of allylic oxidation sites excluding steroid dienone is 1. The second kappa shape index (κ2) is 11.3. The topological polar surface area (TPSA) is 120 Å². The van der Waals surface area contributed by atoms with Crippen LogP contribution in [0.5, 0.6) is 0 Å². The van der Waals surface area contributed by atoms with Gasteiger partial charge in [0.25, 0.3) is 17.2 Å². The number of anilines is 1. The van der Waals surface area contributed by atoms with Crippen LogP contribution in [0.4, 0.5) is 15.8 Å². The number of amides is 1. The fourth-order valence-corrected chi connectivity index (χ4v) is 6.05. The lowest BCUT2D eigenvalue weighted by atomic mass is 9.95. The molecular weight excluding hydrogens is 595 g/mol. The molecule has 1 unspecified atom stereocenters. The molecule has 1 amide bonds. The molecule has 5 aromatic rings. The summed E-state index contributed by atoms with van der Waals surface area (Å²) in [5.74, 6) is -0.402. The summed E-state index contributed by atoms with van der Waals surface area (Å²) in [6.45, 7) is 1.69. The van der Waals surface area contributed by atoms with Crippen molar-refractivity contribution in [3.8, 4) is 11.3 Å². The number of para-hydroxylation sites is 1. The number of halogens is 2. The van der Waals surface area contributed by atoms with Gasteiger partial charge in [0.1, 0.15) is 17.3 Å². The van der Waals surface area contributed by atoms with Crippen LogP contribution in [-0.2, 0) is 4.79 Å². The summed E-state index contributed by atoms with van der Waals surface area (Å²) in [6.07, 6.45) is 1.51. The molecular formula is C31H20ClFN4O5S. The first-order valence-corrected chi connectivity index (χ1v) is 14.1. The molecule has 0 radical (unpaired) electrons. The number of nitrogens with one attached hydrogen (secondary N) is 1. The normalized spacial score (nSPS) is 14.8. The van der Waals surface area contributed by atoms with Crippen LogP contribution in [0.15, 0.2) is 110 Å².